The molecule has 0 spiro atoms. The maximum Gasteiger partial charge on any atom is 0.410 e. The molecule has 152 valence electrons. The molecule has 0 saturated carbocycles. The molecule has 0 aliphatic heterocycles. The summed E-state index contributed by atoms with van der Waals surface area (Å²) in [6.45, 7) is 12.3. The van der Waals surface area contributed by atoms with E-state index >= 15 is 0 Å². The maximum atomic E-state index is 12.2. The molecule has 1 aromatic heterocycles. The number of ether oxygens (including phenoxy) is 1. The number of hydrogen-bond acceptors (Lipinski definition) is 6. The molecule has 1 rings (SSSR count). The molecule has 0 fully saturated rings. The summed E-state index contributed by atoms with van der Waals surface area (Å²) in [6.07, 6.45) is 2.16. The minimum atomic E-state index is -0.611. The van der Waals surface area contributed by atoms with Crippen molar-refractivity contribution in [1.82, 2.24) is 9.88 Å². The van der Waals surface area contributed by atoms with Gasteiger partial charge in [-0.3, -0.25) is 4.79 Å². The van der Waals surface area contributed by atoms with Gasteiger partial charge in [0, 0.05) is 25.7 Å². The summed E-state index contributed by atoms with van der Waals surface area (Å²) in [5.41, 5.74) is -0.184. The molecule has 1 heterocycles. The van der Waals surface area contributed by atoms with Crippen LogP contribution in [0.2, 0.25) is 0 Å². The molecular formula is C18H30N4O5. The zero-order valence-corrected chi connectivity index (χ0v) is 17.0. The molecule has 0 aliphatic carbocycles. The third kappa shape index (κ3) is 8.98. The van der Waals surface area contributed by atoms with E-state index in [1.165, 1.54) is 28.1 Å². The van der Waals surface area contributed by atoms with Crippen molar-refractivity contribution in [3.63, 3.8) is 0 Å². The highest BCUT2D eigenvalue weighted by molar-refractivity contribution is 5.75. The van der Waals surface area contributed by atoms with Crippen LogP contribution in [-0.2, 0) is 9.53 Å². The first-order chi connectivity index (χ1) is 12.7. The number of aromatic nitrogens is 1. The summed E-state index contributed by atoms with van der Waals surface area (Å²) in [7, 11) is 0. The Labute approximate surface area is 160 Å². The first-order valence-corrected chi connectivity index (χ1v) is 8.98. The first-order valence-electron chi connectivity index (χ1n) is 8.98. The second-order valence-electron chi connectivity index (χ2n) is 6.40. The van der Waals surface area contributed by atoms with Crippen LogP contribution in [0.4, 0.5) is 16.3 Å². The van der Waals surface area contributed by atoms with Crippen LogP contribution in [0.25, 0.3) is 0 Å². The fraction of sp³-hybridized carbons (Fsp3) is 0.611. The lowest BCUT2D eigenvalue weighted by Crippen LogP contribution is -2.41. The second kappa shape index (κ2) is 11.8. The van der Waals surface area contributed by atoms with Crippen molar-refractivity contribution in [2.45, 2.75) is 53.6 Å². The van der Waals surface area contributed by atoms with Crippen molar-refractivity contribution in [2.75, 3.05) is 24.5 Å². The minimum absolute atomic E-state index is 0.224. The molecule has 0 unspecified atom stereocenters. The fourth-order valence-corrected chi connectivity index (χ4v) is 2.02. The van der Waals surface area contributed by atoms with Crippen molar-refractivity contribution < 1.29 is 19.2 Å². The van der Waals surface area contributed by atoms with Gasteiger partial charge >= 0.3 is 11.9 Å². The molecule has 0 bridgehead atoms. The Morgan fingerprint density at radius 1 is 1.26 bits per heavy atom. The SMILES string of the molecule is CC.CCCN(CCN(C=O)c1ccc([N+](=O)[O-])nc1)C(=O)OC(C)(C)C. The molecule has 0 saturated heterocycles. The number of nitro groups is 1. The highest BCUT2D eigenvalue weighted by Gasteiger charge is 2.22. The lowest BCUT2D eigenvalue weighted by molar-refractivity contribution is -0.389. The Bertz CT molecular complexity index is 599. The van der Waals surface area contributed by atoms with Gasteiger partial charge < -0.3 is 24.7 Å². The lowest BCUT2D eigenvalue weighted by Gasteiger charge is -2.28. The Kier molecular flexibility index (Phi) is 10.6. The Morgan fingerprint density at radius 2 is 1.89 bits per heavy atom. The minimum Gasteiger partial charge on any atom is -0.444 e. The van der Waals surface area contributed by atoms with E-state index in [4.69, 9.17) is 4.74 Å². The summed E-state index contributed by atoms with van der Waals surface area (Å²) in [5.74, 6) is -0.295. The topological polar surface area (TPSA) is 106 Å². The van der Waals surface area contributed by atoms with E-state index in [0.717, 1.165) is 6.42 Å². The van der Waals surface area contributed by atoms with E-state index in [1.54, 1.807) is 20.8 Å². The van der Waals surface area contributed by atoms with E-state index in [-0.39, 0.29) is 18.9 Å². The van der Waals surface area contributed by atoms with Gasteiger partial charge in [0.15, 0.2) is 6.20 Å². The molecule has 2 amide bonds. The zero-order valence-electron chi connectivity index (χ0n) is 17.0. The van der Waals surface area contributed by atoms with E-state index in [1.807, 2.05) is 20.8 Å². The van der Waals surface area contributed by atoms with Gasteiger partial charge in [-0.1, -0.05) is 20.8 Å². The normalized spacial score (nSPS) is 10.3. The summed E-state index contributed by atoms with van der Waals surface area (Å²) >= 11 is 0. The maximum absolute atomic E-state index is 12.2. The number of rotatable bonds is 8. The number of carbonyl (C=O) groups is 2. The van der Waals surface area contributed by atoms with Crippen molar-refractivity contribution >= 4 is 24.0 Å². The van der Waals surface area contributed by atoms with Gasteiger partial charge in [0.05, 0.1) is 5.69 Å². The molecule has 9 nitrogen and oxygen atoms in total. The molecular weight excluding hydrogens is 352 g/mol. The van der Waals surface area contributed by atoms with Crippen molar-refractivity contribution in [2.24, 2.45) is 0 Å². The smallest absolute Gasteiger partial charge is 0.410 e. The number of carbonyl (C=O) groups excluding carboxylic acids is 2. The van der Waals surface area contributed by atoms with Crippen molar-refractivity contribution in [3.8, 4) is 0 Å². The highest BCUT2D eigenvalue weighted by Crippen LogP contribution is 2.16. The summed E-state index contributed by atoms with van der Waals surface area (Å²) < 4.78 is 5.36. The molecule has 0 N–H and O–H groups in total. The van der Waals surface area contributed by atoms with E-state index in [9.17, 15) is 19.7 Å². The van der Waals surface area contributed by atoms with Crippen LogP contribution in [0.5, 0.6) is 0 Å². The highest BCUT2D eigenvalue weighted by atomic mass is 16.6. The first kappa shape index (κ1) is 24.3. The van der Waals surface area contributed by atoms with Crippen molar-refractivity contribution in [3.05, 3.63) is 28.4 Å². The monoisotopic (exact) mass is 382 g/mol. The fourth-order valence-electron chi connectivity index (χ4n) is 2.02. The molecule has 0 radical (unpaired) electrons. The molecule has 1 aromatic rings. The van der Waals surface area contributed by atoms with Gasteiger partial charge in [0.1, 0.15) is 5.60 Å². The third-order valence-electron chi connectivity index (χ3n) is 3.13. The largest absolute Gasteiger partial charge is 0.444 e. The van der Waals surface area contributed by atoms with Crippen LogP contribution in [0.15, 0.2) is 18.3 Å². The average Bonchev–Trinajstić information content (AvgIpc) is 2.62. The number of pyridine rings is 1. The molecule has 27 heavy (non-hydrogen) atoms. The predicted molar refractivity (Wildman–Crippen MR) is 104 cm³/mol. The number of amides is 2. The number of hydrogen-bond donors (Lipinski definition) is 0. The lowest BCUT2D eigenvalue weighted by atomic mass is 10.2. The number of nitrogens with zero attached hydrogens (tertiary/aromatic N) is 4. The predicted octanol–water partition coefficient (Wildman–Crippen LogP) is 3.63. The van der Waals surface area contributed by atoms with Gasteiger partial charge in [-0.25, -0.2) is 4.79 Å². The third-order valence-corrected chi connectivity index (χ3v) is 3.13. The summed E-state index contributed by atoms with van der Waals surface area (Å²) in [6, 6.07) is 2.67. The van der Waals surface area contributed by atoms with Crippen LogP contribution < -0.4 is 4.90 Å². The molecule has 9 heteroatoms. The molecule has 0 aromatic carbocycles. The zero-order chi connectivity index (χ0) is 21.0. The van der Waals surface area contributed by atoms with Crippen LogP contribution in [-0.4, -0.2) is 52.5 Å². The van der Waals surface area contributed by atoms with Gasteiger partial charge in [-0.2, -0.15) is 0 Å². The van der Waals surface area contributed by atoms with Gasteiger partial charge in [0.2, 0.25) is 6.41 Å². The van der Waals surface area contributed by atoms with Crippen LogP contribution in [0.1, 0.15) is 48.0 Å². The van der Waals surface area contributed by atoms with Crippen LogP contribution >= 0.6 is 0 Å². The van der Waals surface area contributed by atoms with Gasteiger partial charge in [0.25, 0.3) is 0 Å². The molecule has 0 atom stereocenters. The standard InChI is InChI=1S/C16H24N4O5.C2H6/c1-5-8-18(15(22)25-16(2,3)4)9-10-19(12-21)13-6-7-14(17-11-13)20(23)24;1-2/h6-7,11-12H,5,8-10H2,1-4H3;1-2H3. The average molecular weight is 382 g/mol. The van der Waals surface area contributed by atoms with Crippen LogP contribution in [0.3, 0.4) is 0 Å². The summed E-state index contributed by atoms with van der Waals surface area (Å²) in [4.78, 5) is 40.1. The second-order valence-corrected chi connectivity index (χ2v) is 6.40. The Balaban J connectivity index is 0.00000326. The quantitative estimate of drug-likeness (QED) is 0.386. The number of anilines is 1. The Hall–Kier alpha value is -2.71. The molecule has 0 aliphatic rings. The van der Waals surface area contributed by atoms with E-state index < -0.39 is 16.6 Å². The van der Waals surface area contributed by atoms with Gasteiger partial charge in [-0.15, -0.1) is 0 Å². The van der Waals surface area contributed by atoms with Gasteiger partial charge in [-0.05, 0) is 43.2 Å². The van der Waals surface area contributed by atoms with E-state index in [0.29, 0.717) is 18.6 Å². The summed E-state index contributed by atoms with van der Waals surface area (Å²) in [5, 5.41) is 10.6. The van der Waals surface area contributed by atoms with Crippen molar-refractivity contribution in [1.29, 1.82) is 0 Å². The Morgan fingerprint density at radius 3 is 2.30 bits per heavy atom. The van der Waals surface area contributed by atoms with E-state index in [2.05, 4.69) is 4.98 Å². The van der Waals surface area contributed by atoms with Crippen LogP contribution in [0, 0.1) is 10.1 Å².